The molecule has 2 heterocycles. The molecule has 2 saturated heterocycles. The van der Waals surface area contributed by atoms with E-state index in [9.17, 15) is 30.3 Å². The van der Waals surface area contributed by atoms with E-state index in [2.05, 4.69) is 13.2 Å². The molecule has 12 atom stereocenters. The number of hydrogen-bond acceptors (Lipinski definition) is 9. The zero-order valence-corrected chi connectivity index (χ0v) is 16.8. The minimum atomic E-state index is -1.54. The molecule has 0 aromatic heterocycles. The van der Waals surface area contributed by atoms with Crippen LogP contribution in [0.15, 0.2) is 24.3 Å². The molecular formula is C21H30O9. The number of carbonyl (C=O) groups is 1. The maximum Gasteiger partial charge on any atom is 0.309 e. The maximum atomic E-state index is 12.2. The zero-order valence-electron chi connectivity index (χ0n) is 16.8. The Bertz CT molecular complexity index is 721. The van der Waals surface area contributed by atoms with E-state index in [1.165, 1.54) is 0 Å². The quantitative estimate of drug-likeness (QED) is 0.279. The van der Waals surface area contributed by atoms with E-state index in [0.29, 0.717) is 18.4 Å². The second kappa shape index (κ2) is 7.98. The number of rotatable bonds is 3. The van der Waals surface area contributed by atoms with Crippen molar-refractivity contribution < 1.29 is 44.5 Å². The van der Waals surface area contributed by atoms with Crippen LogP contribution in [0.25, 0.3) is 0 Å². The van der Waals surface area contributed by atoms with Gasteiger partial charge < -0.3 is 39.7 Å². The lowest BCUT2D eigenvalue weighted by molar-refractivity contribution is -0.308. The van der Waals surface area contributed by atoms with Crippen LogP contribution in [-0.4, -0.2) is 87.1 Å². The molecule has 30 heavy (non-hydrogen) atoms. The van der Waals surface area contributed by atoms with Gasteiger partial charge >= 0.3 is 5.97 Å². The first-order valence-electron chi connectivity index (χ1n) is 10.4. The molecule has 0 bridgehead atoms. The number of fused-ring (bicyclic) bond motifs is 3. The predicted octanol–water partition coefficient (Wildman–Crippen LogP) is -1.14. The molecule has 0 spiro atoms. The average molecular weight is 426 g/mol. The lowest BCUT2D eigenvalue weighted by Gasteiger charge is -2.40. The fourth-order valence-corrected chi connectivity index (χ4v) is 5.53. The largest absolute Gasteiger partial charge is 0.461 e. The molecule has 0 amide bonds. The molecule has 4 fully saturated rings. The summed E-state index contributed by atoms with van der Waals surface area (Å²) in [5.74, 6) is -1.57. The molecule has 4 aliphatic rings. The van der Waals surface area contributed by atoms with Crippen LogP contribution in [0.3, 0.4) is 0 Å². The highest BCUT2D eigenvalue weighted by Gasteiger charge is 2.57. The SMILES string of the molecule is C=C1[C@@H]2[C@H]3OC(=O)[C@@H](C)[C@@H]3[C@@H](O)CC(=C)[C@@H]2C[C@@H]1O[C@@H]1O[C@H](CO)[C@@H](O)[C@H](O)[C@H]1O. The van der Waals surface area contributed by atoms with E-state index >= 15 is 0 Å². The van der Waals surface area contributed by atoms with E-state index in [4.69, 9.17) is 14.2 Å². The molecule has 2 saturated carbocycles. The van der Waals surface area contributed by atoms with Gasteiger partial charge in [0.2, 0.25) is 0 Å². The summed E-state index contributed by atoms with van der Waals surface area (Å²) in [5, 5.41) is 50.3. The van der Waals surface area contributed by atoms with Gasteiger partial charge in [-0.05, 0) is 24.3 Å². The zero-order chi connectivity index (χ0) is 21.9. The minimum absolute atomic E-state index is 0.130. The van der Waals surface area contributed by atoms with Gasteiger partial charge in [0.25, 0.3) is 0 Å². The molecule has 5 N–H and O–H groups in total. The van der Waals surface area contributed by atoms with Gasteiger partial charge in [0.1, 0.15) is 30.5 Å². The number of carbonyl (C=O) groups excluding carboxylic acids is 1. The first kappa shape index (κ1) is 21.9. The summed E-state index contributed by atoms with van der Waals surface area (Å²) in [5.41, 5.74) is 1.47. The number of aliphatic hydroxyl groups excluding tert-OH is 5. The number of hydrogen-bond donors (Lipinski definition) is 5. The predicted molar refractivity (Wildman–Crippen MR) is 102 cm³/mol. The highest BCUT2D eigenvalue weighted by atomic mass is 16.7. The Morgan fingerprint density at radius 2 is 1.83 bits per heavy atom. The van der Waals surface area contributed by atoms with Crippen LogP contribution in [-0.2, 0) is 19.0 Å². The van der Waals surface area contributed by atoms with Crippen molar-refractivity contribution in [1.82, 2.24) is 0 Å². The van der Waals surface area contributed by atoms with Crippen molar-refractivity contribution in [3.05, 3.63) is 24.3 Å². The second-order valence-corrected chi connectivity index (χ2v) is 8.96. The molecule has 0 radical (unpaired) electrons. The standard InChI is InChI=1S/C21H30O9/c1-7-4-11(23)15-9(3)20(27)30-19(15)14-8(2)12(5-10(7)14)28-21-18(26)17(25)16(24)13(6-22)29-21/h9-19,21-26H,1-2,4-6H2,3H3/t9-,10-,11-,12-,13+,14-,15+,16+,17-,18+,19+,21+/m0/s1. The monoisotopic (exact) mass is 426 g/mol. The third-order valence-corrected chi connectivity index (χ3v) is 7.26. The van der Waals surface area contributed by atoms with Crippen LogP contribution >= 0.6 is 0 Å². The van der Waals surface area contributed by atoms with Gasteiger partial charge in [-0.1, -0.05) is 25.7 Å². The molecule has 0 unspecified atom stereocenters. The van der Waals surface area contributed by atoms with Crippen LogP contribution < -0.4 is 0 Å². The van der Waals surface area contributed by atoms with Gasteiger partial charge in [-0.15, -0.1) is 0 Å². The van der Waals surface area contributed by atoms with Crippen LogP contribution in [0.5, 0.6) is 0 Å². The fraction of sp³-hybridized carbons (Fsp3) is 0.762. The van der Waals surface area contributed by atoms with Gasteiger partial charge in [-0.2, -0.15) is 0 Å². The lowest BCUT2D eigenvalue weighted by atomic mass is 9.79. The van der Waals surface area contributed by atoms with Crippen molar-refractivity contribution >= 4 is 5.97 Å². The Balaban J connectivity index is 1.55. The van der Waals surface area contributed by atoms with Crippen LogP contribution in [0, 0.1) is 23.7 Å². The highest BCUT2D eigenvalue weighted by molar-refractivity contribution is 5.75. The van der Waals surface area contributed by atoms with Crippen molar-refractivity contribution in [3.63, 3.8) is 0 Å². The van der Waals surface area contributed by atoms with Crippen molar-refractivity contribution in [2.75, 3.05) is 6.61 Å². The Kier molecular flexibility index (Phi) is 5.82. The Labute approximate surface area is 174 Å². The Morgan fingerprint density at radius 3 is 2.50 bits per heavy atom. The van der Waals surface area contributed by atoms with Gasteiger partial charge in [0.15, 0.2) is 6.29 Å². The van der Waals surface area contributed by atoms with Gasteiger partial charge in [-0.25, -0.2) is 0 Å². The number of ether oxygens (including phenoxy) is 3. The summed E-state index contributed by atoms with van der Waals surface area (Å²) in [6.07, 6.45) is -7.91. The van der Waals surface area contributed by atoms with E-state index < -0.39 is 61.5 Å². The first-order valence-corrected chi connectivity index (χ1v) is 10.4. The van der Waals surface area contributed by atoms with Crippen molar-refractivity contribution in [2.45, 2.75) is 68.8 Å². The minimum Gasteiger partial charge on any atom is -0.461 e. The summed E-state index contributed by atoms with van der Waals surface area (Å²) in [7, 11) is 0. The summed E-state index contributed by atoms with van der Waals surface area (Å²) in [6, 6.07) is 0. The van der Waals surface area contributed by atoms with Crippen molar-refractivity contribution in [2.24, 2.45) is 23.7 Å². The van der Waals surface area contributed by atoms with Gasteiger partial charge in [0, 0.05) is 11.8 Å². The summed E-state index contributed by atoms with van der Waals surface area (Å²) < 4.78 is 17.0. The van der Waals surface area contributed by atoms with Crippen LogP contribution in [0.1, 0.15) is 19.8 Å². The average Bonchev–Trinajstić information content (AvgIpc) is 3.15. The van der Waals surface area contributed by atoms with Crippen LogP contribution in [0.2, 0.25) is 0 Å². The van der Waals surface area contributed by atoms with E-state index in [1.807, 2.05) is 0 Å². The smallest absolute Gasteiger partial charge is 0.309 e. The Morgan fingerprint density at radius 1 is 1.13 bits per heavy atom. The molecule has 168 valence electrons. The van der Waals surface area contributed by atoms with E-state index in [0.717, 1.165) is 5.57 Å². The van der Waals surface area contributed by atoms with Crippen LogP contribution in [0.4, 0.5) is 0 Å². The van der Waals surface area contributed by atoms with E-state index in [-0.39, 0.29) is 23.7 Å². The Hall–Kier alpha value is -1.33. The maximum absolute atomic E-state index is 12.2. The summed E-state index contributed by atoms with van der Waals surface area (Å²) in [4.78, 5) is 12.2. The molecule has 0 aromatic rings. The lowest BCUT2D eigenvalue weighted by Crippen LogP contribution is -2.59. The topological polar surface area (TPSA) is 146 Å². The van der Waals surface area contributed by atoms with Gasteiger partial charge in [0.05, 0.1) is 24.7 Å². The second-order valence-electron chi connectivity index (χ2n) is 8.96. The fourth-order valence-electron chi connectivity index (χ4n) is 5.53. The first-order chi connectivity index (χ1) is 14.1. The molecule has 4 rings (SSSR count). The third kappa shape index (κ3) is 3.33. The van der Waals surface area contributed by atoms with Crippen molar-refractivity contribution in [1.29, 1.82) is 0 Å². The highest BCUT2D eigenvalue weighted by Crippen LogP contribution is 2.53. The van der Waals surface area contributed by atoms with E-state index in [1.54, 1.807) is 6.92 Å². The molecule has 9 heteroatoms. The summed E-state index contributed by atoms with van der Waals surface area (Å²) in [6.45, 7) is 9.49. The normalized spacial score (nSPS) is 51.3. The third-order valence-electron chi connectivity index (χ3n) is 7.26. The number of esters is 1. The molecule has 2 aliphatic carbocycles. The van der Waals surface area contributed by atoms with Gasteiger partial charge in [-0.3, -0.25) is 4.79 Å². The molecular weight excluding hydrogens is 396 g/mol. The number of aliphatic hydroxyl groups is 5. The van der Waals surface area contributed by atoms with Crippen molar-refractivity contribution in [3.8, 4) is 0 Å². The molecule has 2 aliphatic heterocycles. The summed E-state index contributed by atoms with van der Waals surface area (Å²) >= 11 is 0. The molecule has 9 nitrogen and oxygen atoms in total. The molecule has 0 aromatic carbocycles.